The summed E-state index contributed by atoms with van der Waals surface area (Å²) in [6.07, 6.45) is -1.26. The Morgan fingerprint density at radius 1 is 1.14 bits per heavy atom. The van der Waals surface area contributed by atoms with Crippen LogP contribution in [-0.2, 0) is 14.4 Å². The van der Waals surface area contributed by atoms with Gasteiger partial charge >= 0.3 is 0 Å². The van der Waals surface area contributed by atoms with E-state index in [1.54, 1.807) is 13.8 Å². The number of primary amides is 1. The van der Waals surface area contributed by atoms with Gasteiger partial charge in [-0.1, -0.05) is 26.8 Å². The van der Waals surface area contributed by atoms with Gasteiger partial charge in [-0.25, -0.2) is 0 Å². The number of benzene rings is 1. The Balaban J connectivity index is 1.91. The molecule has 2 amide bonds. The summed E-state index contributed by atoms with van der Waals surface area (Å²) in [5, 5.41) is 62.8. The van der Waals surface area contributed by atoms with E-state index < -0.39 is 92.8 Å². The van der Waals surface area contributed by atoms with Gasteiger partial charge in [0.1, 0.15) is 17.1 Å². The summed E-state index contributed by atoms with van der Waals surface area (Å²) in [7, 11) is 2.94. The lowest BCUT2D eigenvalue weighted by atomic mass is 9.55. The summed E-state index contributed by atoms with van der Waals surface area (Å²) in [5.74, 6) is -10.3. The molecule has 0 saturated heterocycles. The molecule has 3 aliphatic carbocycles. The van der Waals surface area contributed by atoms with Crippen LogP contribution in [0.3, 0.4) is 0 Å². The highest BCUT2D eigenvalue weighted by molar-refractivity contribution is 6.25. The Bertz CT molecular complexity index is 1450. The van der Waals surface area contributed by atoms with Crippen LogP contribution in [0, 0.1) is 11.8 Å². The lowest BCUT2D eigenvalue weighted by Crippen LogP contribution is -2.68. The van der Waals surface area contributed by atoms with Crippen LogP contribution in [0.1, 0.15) is 56.0 Å². The molecule has 0 bridgehead atoms. The second kappa shape index (κ2) is 10.5. The first-order valence-electron chi connectivity index (χ1n) is 13.8. The fourth-order valence-corrected chi connectivity index (χ4v) is 6.74. The minimum Gasteiger partial charge on any atom is -0.510 e. The number of ketones is 2. The molecule has 1 aromatic carbocycles. The Morgan fingerprint density at radius 3 is 2.29 bits per heavy atom. The number of carbonyl (C=O) groups excluding carboxylic acids is 4. The van der Waals surface area contributed by atoms with Crippen molar-refractivity contribution in [3.8, 4) is 5.75 Å². The third kappa shape index (κ3) is 4.14. The number of fused-ring (bicyclic) bond motifs is 3. The Kier molecular flexibility index (Phi) is 7.78. The van der Waals surface area contributed by atoms with Crippen molar-refractivity contribution in [3.05, 3.63) is 45.9 Å². The lowest BCUT2D eigenvalue weighted by molar-refractivity contribution is -0.162. The Hall–Kier alpha value is -3.78. The molecule has 0 aromatic heterocycles. The number of Topliss-reactive ketones (excluding diaryl/α,β-unsaturated/α-hetero) is 2. The van der Waals surface area contributed by atoms with E-state index in [-0.39, 0.29) is 11.3 Å². The molecule has 13 heteroatoms. The van der Waals surface area contributed by atoms with Crippen molar-refractivity contribution >= 4 is 29.1 Å². The summed E-state index contributed by atoms with van der Waals surface area (Å²) < 4.78 is 0. The van der Waals surface area contributed by atoms with Crippen molar-refractivity contribution in [2.24, 2.45) is 17.6 Å². The van der Waals surface area contributed by atoms with Crippen LogP contribution in [0.5, 0.6) is 5.75 Å². The SMILES string of the molecule is CCNC(C)(CC)C(=O)Nc1ccc2c(c1O)C(=O)C1=C(O)[C@]3(O)C(=O)C(C(N)=O)=C(O)[C@@H](N(C)C)C3C(O)C1C2C. The number of carbonyl (C=O) groups is 4. The number of anilines is 1. The average Bonchev–Trinajstić information content (AvgIpc) is 2.91. The van der Waals surface area contributed by atoms with Gasteiger partial charge in [-0.3, -0.25) is 24.1 Å². The standard InChI is InChI=1S/C29H38N4O9/c1-7-28(4,31-8-2)27(41)32-13-10-9-12-11(3)14-16(21(35)15(12)20(13)34)24(38)29(42)18(22(14)36)19(33(5)6)23(37)17(25(29)39)26(30)40/h9-11,14,18-19,22,31,34,36-38,42H,7-8H2,1-6H3,(H2,30,40)(H,32,41)/t11?,14?,18?,19-,22?,28?,29-/m0/s1. The minimum atomic E-state index is -3.00. The summed E-state index contributed by atoms with van der Waals surface area (Å²) >= 11 is 0. The first-order chi connectivity index (χ1) is 19.5. The summed E-state index contributed by atoms with van der Waals surface area (Å²) in [6.45, 7) is 7.48. The number of nitrogens with zero attached hydrogens (tertiary/aromatic N) is 1. The van der Waals surface area contributed by atoms with Gasteiger partial charge in [0, 0.05) is 11.5 Å². The summed E-state index contributed by atoms with van der Waals surface area (Å²) in [4.78, 5) is 54.1. The van der Waals surface area contributed by atoms with Gasteiger partial charge in [0.25, 0.3) is 5.91 Å². The number of nitrogens with one attached hydrogen (secondary N) is 2. The van der Waals surface area contributed by atoms with E-state index in [9.17, 15) is 44.7 Å². The molecule has 1 aromatic rings. The third-order valence-corrected chi connectivity index (χ3v) is 9.15. The monoisotopic (exact) mass is 586 g/mol. The quantitative estimate of drug-likeness (QED) is 0.161. The molecule has 4 rings (SSSR count). The maximum Gasteiger partial charge on any atom is 0.255 e. The van der Waals surface area contributed by atoms with Crippen molar-refractivity contribution in [1.82, 2.24) is 10.2 Å². The number of aromatic hydroxyl groups is 1. The largest absolute Gasteiger partial charge is 0.510 e. The molecule has 42 heavy (non-hydrogen) atoms. The molecule has 0 aliphatic heterocycles. The molecule has 9 N–H and O–H groups in total. The molecule has 0 heterocycles. The smallest absolute Gasteiger partial charge is 0.255 e. The van der Waals surface area contributed by atoms with E-state index in [1.165, 1.54) is 31.1 Å². The molecule has 0 saturated carbocycles. The topological polar surface area (TPSA) is 223 Å². The molecule has 228 valence electrons. The predicted molar refractivity (Wildman–Crippen MR) is 151 cm³/mol. The number of amides is 2. The number of aliphatic hydroxyl groups is 4. The van der Waals surface area contributed by atoms with Crippen LogP contribution in [0.4, 0.5) is 5.69 Å². The van der Waals surface area contributed by atoms with E-state index in [0.29, 0.717) is 18.5 Å². The Labute approximate surface area is 242 Å². The van der Waals surface area contributed by atoms with Gasteiger partial charge in [0.2, 0.25) is 11.7 Å². The van der Waals surface area contributed by atoms with Gasteiger partial charge in [-0.05, 0) is 51.5 Å². The van der Waals surface area contributed by atoms with Crippen LogP contribution < -0.4 is 16.4 Å². The van der Waals surface area contributed by atoms with Crippen LogP contribution in [0.2, 0.25) is 0 Å². The molecule has 0 fully saturated rings. The molecular weight excluding hydrogens is 548 g/mol. The van der Waals surface area contributed by atoms with Crippen LogP contribution >= 0.6 is 0 Å². The zero-order chi connectivity index (χ0) is 31.6. The Morgan fingerprint density at radius 2 is 1.76 bits per heavy atom. The molecule has 0 spiro atoms. The van der Waals surface area contributed by atoms with Gasteiger partial charge < -0.3 is 41.9 Å². The van der Waals surface area contributed by atoms with Crippen molar-refractivity contribution in [2.45, 2.75) is 63.3 Å². The minimum absolute atomic E-state index is 0.0753. The number of phenols is 1. The normalized spacial score (nSPS) is 30.5. The number of likely N-dealkylation sites (N-methyl/N-ethyl adjacent to an activating group) is 2. The molecule has 13 nitrogen and oxygen atoms in total. The highest BCUT2D eigenvalue weighted by Crippen LogP contribution is 2.56. The molecular formula is C29H38N4O9. The number of nitrogens with two attached hydrogens (primary N) is 1. The van der Waals surface area contributed by atoms with Crippen molar-refractivity contribution in [1.29, 1.82) is 0 Å². The summed E-state index contributed by atoms with van der Waals surface area (Å²) in [5.41, 5.74) is -0.182. The second-order valence-corrected chi connectivity index (χ2v) is 11.6. The van der Waals surface area contributed by atoms with Crippen molar-refractivity contribution in [3.63, 3.8) is 0 Å². The van der Waals surface area contributed by atoms with E-state index in [1.807, 2.05) is 13.8 Å². The van der Waals surface area contributed by atoms with Crippen molar-refractivity contribution < 1.29 is 44.7 Å². The lowest BCUT2D eigenvalue weighted by Gasteiger charge is -2.53. The zero-order valence-corrected chi connectivity index (χ0v) is 24.3. The van der Waals surface area contributed by atoms with Gasteiger partial charge in [0.15, 0.2) is 17.1 Å². The fraction of sp³-hybridized carbons (Fsp3) is 0.517. The van der Waals surface area contributed by atoms with Gasteiger partial charge in [-0.15, -0.1) is 0 Å². The molecule has 3 aliphatic rings. The van der Waals surface area contributed by atoms with E-state index >= 15 is 0 Å². The van der Waals surface area contributed by atoms with E-state index in [4.69, 9.17) is 5.73 Å². The predicted octanol–water partition coefficient (Wildman–Crippen LogP) is 0.369. The number of aliphatic hydroxyl groups excluding tert-OH is 3. The molecule has 7 atom stereocenters. The number of hydrogen-bond acceptors (Lipinski definition) is 11. The maximum absolute atomic E-state index is 14.0. The highest BCUT2D eigenvalue weighted by Gasteiger charge is 2.67. The fourth-order valence-electron chi connectivity index (χ4n) is 6.74. The highest BCUT2D eigenvalue weighted by atomic mass is 16.4. The van der Waals surface area contributed by atoms with Gasteiger partial charge in [0.05, 0.1) is 34.9 Å². The first kappa shape index (κ1) is 31.2. The number of phenolic OH excluding ortho intramolecular Hbond substituents is 1. The van der Waals surface area contributed by atoms with E-state index in [2.05, 4.69) is 10.6 Å². The summed E-state index contributed by atoms with van der Waals surface area (Å²) in [6, 6.07) is 1.61. The average molecular weight is 587 g/mol. The number of rotatable bonds is 7. The number of hydrogen-bond donors (Lipinski definition) is 8. The van der Waals surface area contributed by atoms with Crippen LogP contribution in [-0.4, -0.2) is 97.7 Å². The third-order valence-electron chi connectivity index (χ3n) is 9.15. The van der Waals surface area contributed by atoms with E-state index in [0.717, 1.165) is 0 Å². The van der Waals surface area contributed by atoms with Crippen LogP contribution in [0.25, 0.3) is 0 Å². The zero-order valence-electron chi connectivity index (χ0n) is 24.3. The second-order valence-electron chi connectivity index (χ2n) is 11.6. The van der Waals surface area contributed by atoms with Crippen molar-refractivity contribution in [2.75, 3.05) is 26.0 Å². The first-order valence-corrected chi connectivity index (χ1v) is 13.8. The van der Waals surface area contributed by atoms with Gasteiger partial charge in [-0.2, -0.15) is 0 Å². The maximum atomic E-state index is 14.0. The molecule has 5 unspecified atom stereocenters. The van der Waals surface area contributed by atoms with Crippen LogP contribution in [0.15, 0.2) is 34.8 Å². The molecule has 0 radical (unpaired) electrons.